The van der Waals surface area contributed by atoms with Crippen LogP contribution in [0.3, 0.4) is 0 Å². The van der Waals surface area contributed by atoms with E-state index in [2.05, 4.69) is 4.90 Å². The third-order valence-corrected chi connectivity index (χ3v) is 7.66. The third-order valence-electron chi connectivity index (χ3n) is 7.66. The van der Waals surface area contributed by atoms with E-state index in [-0.39, 0.29) is 24.0 Å². The van der Waals surface area contributed by atoms with Gasteiger partial charge in [0, 0.05) is 46.3 Å². The van der Waals surface area contributed by atoms with Crippen molar-refractivity contribution >= 4 is 11.8 Å². The molecule has 0 aliphatic carbocycles. The van der Waals surface area contributed by atoms with Crippen LogP contribution in [-0.2, 0) is 9.53 Å². The third kappa shape index (κ3) is 5.69. The number of nitrogens with zero attached hydrogens (tertiary/aromatic N) is 3. The second-order valence-corrected chi connectivity index (χ2v) is 9.60. The molecule has 0 unspecified atom stereocenters. The SMILES string of the molecule is CO[C@@H]1CCCN2C(=O)c3ccccc3OCCN(C3CCN(C(C)=O)CC3)CCCC[C@H]12. The fourth-order valence-electron chi connectivity index (χ4n) is 5.78. The van der Waals surface area contributed by atoms with E-state index in [0.717, 1.165) is 77.7 Å². The Balaban J connectivity index is 1.51. The number of amides is 2. The number of fused-ring (bicyclic) bond motifs is 2. The molecule has 7 nitrogen and oxygen atoms in total. The van der Waals surface area contributed by atoms with Crippen LogP contribution in [-0.4, -0.2) is 91.1 Å². The van der Waals surface area contributed by atoms with Crippen molar-refractivity contribution in [1.29, 1.82) is 0 Å². The highest BCUT2D eigenvalue weighted by atomic mass is 16.5. The Morgan fingerprint density at radius 2 is 1.76 bits per heavy atom. The van der Waals surface area contributed by atoms with Crippen LogP contribution in [0, 0.1) is 0 Å². The maximum atomic E-state index is 13.6. The summed E-state index contributed by atoms with van der Waals surface area (Å²) in [6, 6.07) is 8.24. The first-order valence-electron chi connectivity index (χ1n) is 12.6. The van der Waals surface area contributed by atoms with Crippen LogP contribution in [0.15, 0.2) is 24.3 Å². The van der Waals surface area contributed by atoms with Crippen molar-refractivity contribution in [2.24, 2.45) is 0 Å². The van der Waals surface area contributed by atoms with Gasteiger partial charge in [-0.3, -0.25) is 14.5 Å². The standard InChI is InChI=1S/C26H39N3O4/c1-20(30)27-16-12-21(13-17-27)28-14-6-5-9-23-25(32-2)11-7-15-29(23)26(31)22-8-3-4-10-24(22)33-19-18-28/h3-4,8,10,21,23,25H,5-7,9,11-19H2,1-2H3/t23-,25-/m1/s1. The van der Waals surface area contributed by atoms with Gasteiger partial charge in [0.25, 0.3) is 5.91 Å². The maximum absolute atomic E-state index is 13.6. The molecule has 182 valence electrons. The van der Waals surface area contributed by atoms with Gasteiger partial charge < -0.3 is 19.3 Å². The van der Waals surface area contributed by atoms with Crippen LogP contribution in [0.2, 0.25) is 0 Å². The normalized spacial score (nSPS) is 26.3. The van der Waals surface area contributed by atoms with Crippen LogP contribution in [0.25, 0.3) is 0 Å². The number of methoxy groups -OCH3 is 1. The van der Waals surface area contributed by atoms with E-state index < -0.39 is 0 Å². The molecule has 3 heterocycles. The Morgan fingerprint density at radius 1 is 0.970 bits per heavy atom. The lowest BCUT2D eigenvalue weighted by molar-refractivity contribution is -0.130. The van der Waals surface area contributed by atoms with Gasteiger partial charge in [0.2, 0.25) is 5.91 Å². The van der Waals surface area contributed by atoms with Gasteiger partial charge in [0.15, 0.2) is 0 Å². The molecule has 0 aromatic heterocycles. The molecule has 3 aliphatic rings. The minimum atomic E-state index is 0.0602. The van der Waals surface area contributed by atoms with Gasteiger partial charge in [-0.25, -0.2) is 0 Å². The largest absolute Gasteiger partial charge is 0.491 e. The Hall–Kier alpha value is -2.12. The Morgan fingerprint density at radius 3 is 2.52 bits per heavy atom. The van der Waals surface area contributed by atoms with E-state index in [1.165, 1.54) is 0 Å². The Bertz CT molecular complexity index is 808. The van der Waals surface area contributed by atoms with Crippen LogP contribution in [0.5, 0.6) is 5.75 Å². The molecular formula is C26H39N3O4. The zero-order valence-corrected chi connectivity index (χ0v) is 20.2. The fraction of sp³-hybridized carbons (Fsp3) is 0.692. The summed E-state index contributed by atoms with van der Waals surface area (Å²) < 4.78 is 12.0. The van der Waals surface area contributed by atoms with Gasteiger partial charge in [-0.05, 0) is 57.2 Å². The number of hydrogen-bond donors (Lipinski definition) is 0. The van der Waals surface area contributed by atoms with Crippen LogP contribution >= 0.6 is 0 Å². The van der Waals surface area contributed by atoms with E-state index >= 15 is 0 Å². The highest BCUT2D eigenvalue weighted by molar-refractivity contribution is 5.97. The lowest BCUT2D eigenvalue weighted by Gasteiger charge is -2.41. The van der Waals surface area contributed by atoms with Crippen molar-refractivity contribution in [3.63, 3.8) is 0 Å². The molecule has 1 aromatic carbocycles. The van der Waals surface area contributed by atoms with Crippen LogP contribution in [0.4, 0.5) is 0 Å². The molecule has 2 atom stereocenters. The average molecular weight is 458 g/mol. The van der Waals surface area contributed by atoms with E-state index in [4.69, 9.17) is 9.47 Å². The van der Waals surface area contributed by atoms with E-state index in [0.29, 0.717) is 24.0 Å². The van der Waals surface area contributed by atoms with Crippen molar-refractivity contribution in [3.05, 3.63) is 29.8 Å². The molecule has 2 saturated heterocycles. The first kappa shape index (κ1) is 24.0. The number of carbonyl (C=O) groups excluding carboxylic acids is 2. The number of piperidine rings is 2. The molecule has 1 aromatic rings. The minimum Gasteiger partial charge on any atom is -0.491 e. The Kier molecular flexibility index (Phi) is 8.25. The van der Waals surface area contributed by atoms with E-state index in [9.17, 15) is 9.59 Å². The zero-order valence-electron chi connectivity index (χ0n) is 20.2. The number of benzene rings is 1. The summed E-state index contributed by atoms with van der Waals surface area (Å²) in [4.78, 5) is 31.8. The van der Waals surface area contributed by atoms with Gasteiger partial charge in [-0.2, -0.15) is 0 Å². The van der Waals surface area contributed by atoms with Gasteiger partial charge >= 0.3 is 0 Å². The van der Waals surface area contributed by atoms with Gasteiger partial charge in [-0.15, -0.1) is 0 Å². The summed E-state index contributed by atoms with van der Waals surface area (Å²) in [5, 5.41) is 0. The van der Waals surface area contributed by atoms with Gasteiger partial charge in [-0.1, -0.05) is 18.6 Å². The number of ether oxygens (including phenoxy) is 2. The molecule has 0 N–H and O–H groups in total. The quantitative estimate of drug-likeness (QED) is 0.683. The van der Waals surface area contributed by atoms with Crippen molar-refractivity contribution in [1.82, 2.24) is 14.7 Å². The molecule has 2 fully saturated rings. The second kappa shape index (κ2) is 11.3. The molecule has 3 aliphatic heterocycles. The topological polar surface area (TPSA) is 62.3 Å². The number of rotatable bonds is 2. The van der Waals surface area contributed by atoms with Crippen molar-refractivity contribution < 1.29 is 19.1 Å². The smallest absolute Gasteiger partial charge is 0.257 e. The molecule has 2 amide bonds. The zero-order chi connectivity index (χ0) is 23.2. The predicted octanol–water partition coefficient (Wildman–Crippen LogP) is 3.18. The van der Waals surface area contributed by atoms with Crippen molar-refractivity contribution in [2.45, 2.75) is 70.1 Å². The molecule has 0 saturated carbocycles. The number of carbonyl (C=O) groups is 2. The van der Waals surface area contributed by atoms with Crippen LogP contribution < -0.4 is 4.74 Å². The second-order valence-electron chi connectivity index (χ2n) is 9.60. The first-order chi connectivity index (χ1) is 16.1. The molecule has 33 heavy (non-hydrogen) atoms. The Labute approximate surface area is 198 Å². The molecule has 0 radical (unpaired) electrons. The van der Waals surface area contributed by atoms with Gasteiger partial charge in [0.1, 0.15) is 12.4 Å². The summed E-state index contributed by atoms with van der Waals surface area (Å²) in [6.07, 6.45) is 7.21. The van der Waals surface area contributed by atoms with E-state index in [1.54, 1.807) is 14.0 Å². The van der Waals surface area contributed by atoms with E-state index in [1.807, 2.05) is 34.1 Å². The van der Waals surface area contributed by atoms with Crippen LogP contribution in [0.1, 0.15) is 62.2 Å². The molecule has 4 rings (SSSR count). The fourth-order valence-corrected chi connectivity index (χ4v) is 5.78. The van der Waals surface area contributed by atoms with Crippen molar-refractivity contribution in [2.75, 3.05) is 46.4 Å². The number of hydrogen-bond acceptors (Lipinski definition) is 5. The maximum Gasteiger partial charge on any atom is 0.257 e. The predicted molar refractivity (Wildman–Crippen MR) is 127 cm³/mol. The summed E-state index contributed by atoms with van der Waals surface area (Å²) in [7, 11) is 1.77. The van der Waals surface area contributed by atoms with Crippen molar-refractivity contribution in [3.8, 4) is 5.75 Å². The highest BCUT2D eigenvalue weighted by Gasteiger charge is 2.35. The summed E-state index contributed by atoms with van der Waals surface area (Å²) in [5.41, 5.74) is 0.653. The first-order valence-corrected chi connectivity index (χ1v) is 12.6. The summed E-state index contributed by atoms with van der Waals surface area (Å²) in [6.45, 7) is 6.52. The lowest BCUT2D eigenvalue weighted by Crippen LogP contribution is -2.51. The minimum absolute atomic E-state index is 0.0602. The molecular weight excluding hydrogens is 418 g/mol. The summed E-state index contributed by atoms with van der Waals surface area (Å²) >= 11 is 0. The molecule has 0 bridgehead atoms. The highest BCUT2D eigenvalue weighted by Crippen LogP contribution is 2.29. The average Bonchev–Trinajstić information content (AvgIpc) is 2.86. The summed E-state index contributed by atoms with van der Waals surface area (Å²) in [5.74, 6) is 0.907. The van der Waals surface area contributed by atoms with Gasteiger partial charge in [0.05, 0.1) is 17.7 Å². The number of likely N-dealkylation sites (tertiary alicyclic amines) is 1. The lowest BCUT2D eigenvalue weighted by atomic mass is 9.93. The molecule has 0 spiro atoms. The number of para-hydroxylation sites is 1. The molecule has 7 heteroatoms. The monoisotopic (exact) mass is 457 g/mol.